The van der Waals surface area contributed by atoms with Gasteiger partial charge in [0, 0.05) is 5.69 Å². The molecule has 0 bridgehead atoms. The van der Waals surface area contributed by atoms with E-state index in [9.17, 15) is 14.4 Å². The third kappa shape index (κ3) is 5.15. The van der Waals surface area contributed by atoms with E-state index in [0.717, 1.165) is 27.8 Å². The molecule has 1 heterocycles. The first-order valence-electron chi connectivity index (χ1n) is 9.36. The van der Waals surface area contributed by atoms with Crippen LogP contribution in [0.3, 0.4) is 0 Å². The maximum absolute atomic E-state index is 12.6. The van der Waals surface area contributed by atoms with Crippen LogP contribution < -0.4 is 5.32 Å². The molecule has 0 unspecified atom stereocenters. The molecule has 150 valence electrons. The number of rotatable bonds is 4. The van der Waals surface area contributed by atoms with E-state index in [4.69, 9.17) is 0 Å². The SMILES string of the molecule is Cc1ccc(NC(=O)CN2C(=O)S/C(=C\c3ccc(C(C)(C)C)cc3)C2=O)cc1. The average Bonchev–Trinajstić information content (AvgIpc) is 2.91. The van der Waals surface area contributed by atoms with Gasteiger partial charge in [0.25, 0.3) is 11.1 Å². The smallest absolute Gasteiger partial charge is 0.294 e. The summed E-state index contributed by atoms with van der Waals surface area (Å²) in [7, 11) is 0. The molecular formula is C23H24N2O3S. The summed E-state index contributed by atoms with van der Waals surface area (Å²) in [5.41, 5.74) is 3.78. The highest BCUT2D eigenvalue weighted by atomic mass is 32.2. The van der Waals surface area contributed by atoms with Crippen LogP contribution in [-0.2, 0) is 15.0 Å². The Morgan fingerprint density at radius 3 is 2.24 bits per heavy atom. The van der Waals surface area contributed by atoms with Gasteiger partial charge in [0.2, 0.25) is 5.91 Å². The van der Waals surface area contributed by atoms with Crippen molar-refractivity contribution >= 4 is 40.6 Å². The zero-order valence-electron chi connectivity index (χ0n) is 17.0. The topological polar surface area (TPSA) is 66.5 Å². The molecule has 1 aliphatic rings. The number of thioether (sulfide) groups is 1. The third-order valence-corrected chi connectivity index (χ3v) is 5.49. The minimum absolute atomic E-state index is 0.0428. The summed E-state index contributed by atoms with van der Waals surface area (Å²) in [6, 6.07) is 15.2. The number of carbonyl (C=O) groups is 3. The molecular weight excluding hydrogens is 384 g/mol. The molecule has 0 spiro atoms. The largest absolute Gasteiger partial charge is 0.325 e. The number of hydrogen-bond acceptors (Lipinski definition) is 4. The van der Waals surface area contributed by atoms with E-state index < -0.39 is 17.1 Å². The highest BCUT2D eigenvalue weighted by Gasteiger charge is 2.36. The van der Waals surface area contributed by atoms with E-state index in [1.54, 1.807) is 18.2 Å². The van der Waals surface area contributed by atoms with Crippen LogP contribution in [0.1, 0.15) is 37.5 Å². The monoisotopic (exact) mass is 408 g/mol. The lowest BCUT2D eigenvalue weighted by Crippen LogP contribution is -2.36. The van der Waals surface area contributed by atoms with Crippen molar-refractivity contribution in [2.75, 3.05) is 11.9 Å². The van der Waals surface area contributed by atoms with E-state index in [0.29, 0.717) is 10.6 Å². The number of hydrogen-bond donors (Lipinski definition) is 1. The van der Waals surface area contributed by atoms with Gasteiger partial charge in [-0.3, -0.25) is 19.3 Å². The molecule has 2 aromatic carbocycles. The molecule has 1 saturated heterocycles. The highest BCUT2D eigenvalue weighted by Crippen LogP contribution is 2.32. The Labute approximate surface area is 175 Å². The average molecular weight is 409 g/mol. The van der Waals surface area contributed by atoms with Crippen LogP contribution in [0.2, 0.25) is 0 Å². The first-order valence-corrected chi connectivity index (χ1v) is 10.2. The molecule has 1 aliphatic heterocycles. The quantitative estimate of drug-likeness (QED) is 0.726. The van der Waals surface area contributed by atoms with Crippen LogP contribution in [0.4, 0.5) is 10.5 Å². The zero-order chi connectivity index (χ0) is 21.2. The fraction of sp³-hybridized carbons (Fsp3) is 0.261. The number of nitrogens with one attached hydrogen (secondary N) is 1. The van der Waals surface area contributed by atoms with E-state index in [1.165, 1.54) is 5.56 Å². The van der Waals surface area contributed by atoms with E-state index in [2.05, 4.69) is 26.1 Å². The van der Waals surface area contributed by atoms with Crippen molar-refractivity contribution in [3.8, 4) is 0 Å². The van der Waals surface area contributed by atoms with Gasteiger partial charge in [-0.15, -0.1) is 0 Å². The molecule has 29 heavy (non-hydrogen) atoms. The van der Waals surface area contributed by atoms with Crippen LogP contribution in [0.15, 0.2) is 53.4 Å². The first-order chi connectivity index (χ1) is 13.6. The lowest BCUT2D eigenvalue weighted by molar-refractivity contribution is -0.127. The number of amides is 3. The number of imide groups is 1. The van der Waals surface area contributed by atoms with Crippen molar-refractivity contribution in [3.63, 3.8) is 0 Å². The van der Waals surface area contributed by atoms with Gasteiger partial charge >= 0.3 is 0 Å². The summed E-state index contributed by atoms with van der Waals surface area (Å²) in [6.45, 7) is 8.05. The molecule has 0 aliphatic carbocycles. The van der Waals surface area contributed by atoms with E-state index in [1.807, 2.05) is 43.3 Å². The molecule has 0 aromatic heterocycles. The third-order valence-electron chi connectivity index (χ3n) is 4.59. The van der Waals surface area contributed by atoms with Gasteiger partial charge in [-0.05, 0) is 53.4 Å². The van der Waals surface area contributed by atoms with Crippen molar-refractivity contribution in [2.24, 2.45) is 0 Å². The van der Waals surface area contributed by atoms with Crippen LogP contribution in [0.5, 0.6) is 0 Å². The van der Waals surface area contributed by atoms with Crippen LogP contribution in [0, 0.1) is 6.92 Å². The summed E-state index contributed by atoms with van der Waals surface area (Å²) < 4.78 is 0. The van der Waals surface area contributed by atoms with Gasteiger partial charge in [0.05, 0.1) is 4.91 Å². The Morgan fingerprint density at radius 2 is 1.66 bits per heavy atom. The molecule has 1 N–H and O–H groups in total. The van der Waals surface area contributed by atoms with Crippen molar-refractivity contribution in [3.05, 3.63) is 70.1 Å². The minimum atomic E-state index is -0.445. The molecule has 5 nitrogen and oxygen atoms in total. The molecule has 1 fully saturated rings. The summed E-state index contributed by atoms with van der Waals surface area (Å²) in [5.74, 6) is -0.856. The Kier molecular flexibility index (Phi) is 5.94. The number of anilines is 1. The standard InChI is InChI=1S/C23H24N2O3S/c1-15-5-11-18(12-6-15)24-20(26)14-25-21(27)19(29-22(25)28)13-16-7-9-17(10-8-16)23(2,3)4/h5-13H,14H2,1-4H3,(H,24,26)/b19-13-. The molecule has 2 aromatic rings. The Morgan fingerprint density at radius 1 is 1.03 bits per heavy atom. The second-order valence-corrected chi connectivity index (χ2v) is 9.05. The second kappa shape index (κ2) is 8.25. The van der Waals surface area contributed by atoms with Gasteiger partial charge < -0.3 is 5.32 Å². The number of benzene rings is 2. The van der Waals surface area contributed by atoms with Crippen molar-refractivity contribution in [1.82, 2.24) is 4.90 Å². The Balaban J connectivity index is 1.68. The van der Waals surface area contributed by atoms with Crippen LogP contribution in [0.25, 0.3) is 6.08 Å². The predicted molar refractivity (Wildman–Crippen MR) is 118 cm³/mol. The number of aryl methyl sites for hydroxylation is 1. The molecule has 3 rings (SSSR count). The van der Waals surface area contributed by atoms with Crippen molar-refractivity contribution in [2.45, 2.75) is 33.1 Å². The Bertz CT molecular complexity index is 971. The maximum Gasteiger partial charge on any atom is 0.294 e. The molecule has 0 saturated carbocycles. The lowest BCUT2D eigenvalue weighted by Gasteiger charge is -2.18. The number of nitrogens with zero attached hydrogens (tertiary/aromatic N) is 1. The molecule has 3 amide bonds. The van der Waals surface area contributed by atoms with Gasteiger partial charge in [-0.1, -0.05) is 62.7 Å². The maximum atomic E-state index is 12.6. The summed E-state index contributed by atoms with van der Waals surface area (Å²) >= 11 is 0.855. The molecule has 0 radical (unpaired) electrons. The summed E-state index contributed by atoms with van der Waals surface area (Å²) in [6.07, 6.45) is 1.69. The second-order valence-electron chi connectivity index (χ2n) is 8.05. The van der Waals surface area contributed by atoms with Gasteiger partial charge in [0.1, 0.15) is 6.54 Å². The summed E-state index contributed by atoms with van der Waals surface area (Å²) in [4.78, 5) is 38.4. The van der Waals surface area contributed by atoms with Crippen LogP contribution in [-0.4, -0.2) is 28.5 Å². The lowest BCUT2D eigenvalue weighted by atomic mass is 9.87. The normalized spacial score (nSPS) is 15.9. The van der Waals surface area contributed by atoms with Crippen LogP contribution >= 0.6 is 11.8 Å². The molecule has 0 atom stereocenters. The van der Waals surface area contributed by atoms with E-state index in [-0.39, 0.29) is 12.0 Å². The minimum Gasteiger partial charge on any atom is -0.325 e. The Hall–Kier alpha value is -2.86. The highest BCUT2D eigenvalue weighted by molar-refractivity contribution is 8.18. The van der Waals surface area contributed by atoms with Gasteiger partial charge in [-0.25, -0.2) is 0 Å². The van der Waals surface area contributed by atoms with Crippen molar-refractivity contribution < 1.29 is 14.4 Å². The van der Waals surface area contributed by atoms with E-state index >= 15 is 0 Å². The zero-order valence-corrected chi connectivity index (χ0v) is 17.8. The fourth-order valence-electron chi connectivity index (χ4n) is 2.85. The summed E-state index contributed by atoms with van der Waals surface area (Å²) in [5, 5.41) is 2.27. The number of carbonyl (C=O) groups excluding carboxylic acids is 3. The van der Waals surface area contributed by atoms with Gasteiger partial charge in [-0.2, -0.15) is 0 Å². The fourth-order valence-corrected chi connectivity index (χ4v) is 3.69. The van der Waals surface area contributed by atoms with Gasteiger partial charge in [0.15, 0.2) is 0 Å². The first kappa shape index (κ1) is 20.9. The van der Waals surface area contributed by atoms with Crippen molar-refractivity contribution in [1.29, 1.82) is 0 Å². The predicted octanol–water partition coefficient (Wildman–Crippen LogP) is 4.97. The molecule has 6 heteroatoms.